The highest BCUT2D eigenvalue weighted by Crippen LogP contribution is 2.32. The molecule has 29 heavy (non-hydrogen) atoms. The minimum Gasteiger partial charge on any atom is -0.463 e. The Balaban J connectivity index is 2.17. The van der Waals surface area contributed by atoms with E-state index in [0.717, 1.165) is 19.4 Å². The first-order chi connectivity index (χ1) is 13.6. The fourth-order valence-corrected chi connectivity index (χ4v) is 4.21. The zero-order valence-corrected chi connectivity index (χ0v) is 19.2. The van der Waals surface area contributed by atoms with Gasteiger partial charge < -0.3 is 14.5 Å². The highest BCUT2D eigenvalue weighted by molar-refractivity contribution is 14.1. The number of hydrogen-bond donors (Lipinski definition) is 1. The van der Waals surface area contributed by atoms with Crippen molar-refractivity contribution >= 4 is 50.4 Å². The molecule has 1 amide bonds. The van der Waals surface area contributed by atoms with Gasteiger partial charge in [-0.3, -0.25) is 9.78 Å². The summed E-state index contributed by atoms with van der Waals surface area (Å²) in [4.78, 5) is 34.7. The molecule has 0 aliphatic rings. The lowest BCUT2D eigenvalue weighted by atomic mass is 10.1. The average molecular weight is 509 g/mol. The first kappa shape index (κ1) is 21.4. The SMILES string of the molecule is Cc1nccc2c1c(=O)n(C)c1cc(ON(C(=O)O)C(C)CC(C)C)c(I)cc21. The van der Waals surface area contributed by atoms with Gasteiger partial charge >= 0.3 is 6.09 Å². The van der Waals surface area contributed by atoms with Crippen LogP contribution < -0.4 is 10.4 Å². The van der Waals surface area contributed by atoms with E-state index in [2.05, 4.69) is 27.6 Å². The molecule has 2 aromatic heterocycles. The third-order valence-corrected chi connectivity index (χ3v) is 5.80. The summed E-state index contributed by atoms with van der Waals surface area (Å²) in [5.74, 6) is 0.728. The van der Waals surface area contributed by atoms with E-state index < -0.39 is 6.09 Å². The summed E-state index contributed by atoms with van der Waals surface area (Å²) in [6, 6.07) is 5.16. The van der Waals surface area contributed by atoms with Crippen LogP contribution in [-0.4, -0.2) is 31.9 Å². The molecule has 8 heteroatoms. The van der Waals surface area contributed by atoms with Crippen LogP contribution in [0.15, 0.2) is 29.2 Å². The number of benzene rings is 1. The van der Waals surface area contributed by atoms with Crippen LogP contribution in [0.2, 0.25) is 0 Å². The van der Waals surface area contributed by atoms with Crippen molar-refractivity contribution in [2.24, 2.45) is 13.0 Å². The topological polar surface area (TPSA) is 84.7 Å². The van der Waals surface area contributed by atoms with Crippen molar-refractivity contribution in [1.29, 1.82) is 0 Å². The van der Waals surface area contributed by atoms with Crippen molar-refractivity contribution in [3.63, 3.8) is 0 Å². The first-order valence-corrected chi connectivity index (χ1v) is 10.5. The molecule has 7 nitrogen and oxygen atoms in total. The van der Waals surface area contributed by atoms with Crippen LogP contribution in [0.25, 0.3) is 21.7 Å². The molecular formula is C21H24IN3O4. The van der Waals surface area contributed by atoms with E-state index in [1.54, 1.807) is 23.9 Å². The number of aryl methyl sites for hydroxylation is 2. The normalized spacial score (nSPS) is 12.5. The Morgan fingerprint density at radius 1 is 1.31 bits per heavy atom. The molecule has 1 aromatic carbocycles. The lowest BCUT2D eigenvalue weighted by Crippen LogP contribution is -2.41. The summed E-state index contributed by atoms with van der Waals surface area (Å²) in [5, 5.41) is 12.9. The number of pyridine rings is 2. The molecule has 0 aliphatic carbocycles. The van der Waals surface area contributed by atoms with Gasteiger partial charge in [-0.25, -0.2) is 4.79 Å². The molecule has 0 spiro atoms. The maximum absolute atomic E-state index is 12.9. The second-order valence-electron chi connectivity index (χ2n) is 7.66. The summed E-state index contributed by atoms with van der Waals surface area (Å²) in [6.07, 6.45) is 1.21. The van der Waals surface area contributed by atoms with E-state index >= 15 is 0 Å². The van der Waals surface area contributed by atoms with E-state index in [1.165, 1.54) is 0 Å². The summed E-state index contributed by atoms with van der Waals surface area (Å²) in [7, 11) is 1.70. The van der Waals surface area contributed by atoms with Gasteiger partial charge in [0.25, 0.3) is 5.56 Å². The summed E-state index contributed by atoms with van der Waals surface area (Å²) in [5.41, 5.74) is 1.21. The summed E-state index contributed by atoms with van der Waals surface area (Å²) < 4.78 is 2.31. The van der Waals surface area contributed by atoms with Gasteiger partial charge in [-0.1, -0.05) is 13.8 Å². The van der Waals surface area contributed by atoms with Crippen molar-refractivity contribution < 1.29 is 14.7 Å². The Morgan fingerprint density at radius 3 is 2.62 bits per heavy atom. The lowest BCUT2D eigenvalue weighted by Gasteiger charge is -2.27. The fraction of sp³-hybridized carbons (Fsp3) is 0.381. The number of aromatic nitrogens is 2. The monoisotopic (exact) mass is 509 g/mol. The number of hydroxylamine groups is 2. The third kappa shape index (κ3) is 4.03. The van der Waals surface area contributed by atoms with Gasteiger partial charge in [0.15, 0.2) is 5.75 Å². The number of halogens is 1. The molecule has 0 bridgehead atoms. The Morgan fingerprint density at radius 2 is 2.00 bits per heavy atom. The van der Waals surface area contributed by atoms with Crippen molar-refractivity contribution in [3.05, 3.63) is 44.0 Å². The smallest absolute Gasteiger partial charge is 0.440 e. The van der Waals surface area contributed by atoms with Gasteiger partial charge in [0, 0.05) is 24.7 Å². The van der Waals surface area contributed by atoms with E-state index in [4.69, 9.17) is 4.84 Å². The third-order valence-electron chi connectivity index (χ3n) is 4.96. The Bertz CT molecular complexity index is 1160. The number of carboxylic acid groups (broad SMARTS) is 1. The minimum absolute atomic E-state index is 0.145. The first-order valence-electron chi connectivity index (χ1n) is 9.39. The van der Waals surface area contributed by atoms with Gasteiger partial charge in [0.05, 0.1) is 26.2 Å². The fourth-order valence-electron chi connectivity index (χ4n) is 3.65. The van der Waals surface area contributed by atoms with Crippen LogP contribution in [0, 0.1) is 16.4 Å². The van der Waals surface area contributed by atoms with Crippen molar-refractivity contribution in [1.82, 2.24) is 14.6 Å². The predicted octanol–water partition coefficient (Wildman–Crippen LogP) is 4.71. The van der Waals surface area contributed by atoms with Gasteiger partial charge in [-0.2, -0.15) is 0 Å². The second-order valence-corrected chi connectivity index (χ2v) is 8.82. The van der Waals surface area contributed by atoms with Crippen molar-refractivity contribution in [3.8, 4) is 5.75 Å². The molecule has 0 saturated carbocycles. The summed E-state index contributed by atoms with van der Waals surface area (Å²) >= 11 is 2.13. The maximum atomic E-state index is 12.9. The molecule has 154 valence electrons. The van der Waals surface area contributed by atoms with E-state index in [1.807, 2.05) is 39.8 Å². The molecular weight excluding hydrogens is 485 g/mol. The molecule has 0 fully saturated rings. The van der Waals surface area contributed by atoms with Gasteiger partial charge in [-0.05, 0) is 66.3 Å². The van der Waals surface area contributed by atoms with E-state index in [0.29, 0.717) is 34.7 Å². The van der Waals surface area contributed by atoms with Crippen LogP contribution in [0.3, 0.4) is 0 Å². The second kappa shape index (κ2) is 8.17. The average Bonchev–Trinajstić information content (AvgIpc) is 2.63. The number of fused-ring (bicyclic) bond motifs is 3. The standard InChI is InChI=1S/C21H24IN3O4/c1-11(2)8-12(3)25(21(27)28)29-18-10-17-15(9-16(18)22)14-6-7-23-13(4)19(14)20(26)24(17)5/h6-7,9-12H,8H2,1-5H3,(H,27,28). The van der Waals surface area contributed by atoms with Crippen molar-refractivity contribution in [2.75, 3.05) is 0 Å². The van der Waals surface area contributed by atoms with E-state index in [9.17, 15) is 14.7 Å². The van der Waals surface area contributed by atoms with Crippen molar-refractivity contribution in [2.45, 2.75) is 40.2 Å². The zero-order valence-electron chi connectivity index (χ0n) is 17.1. The Labute approximate surface area is 182 Å². The minimum atomic E-state index is -1.15. The summed E-state index contributed by atoms with van der Waals surface area (Å²) in [6.45, 7) is 7.71. The Hall–Kier alpha value is -2.36. The number of rotatable bonds is 5. The predicted molar refractivity (Wildman–Crippen MR) is 121 cm³/mol. The van der Waals surface area contributed by atoms with Gasteiger partial charge in [-0.15, -0.1) is 5.06 Å². The van der Waals surface area contributed by atoms with Gasteiger partial charge in [0.2, 0.25) is 0 Å². The maximum Gasteiger partial charge on any atom is 0.440 e. The molecule has 0 radical (unpaired) electrons. The van der Waals surface area contributed by atoms with Crippen LogP contribution in [0.4, 0.5) is 4.79 Å². The molecule has 0 aliphatic heterocycles. The Kier molecular flexibility index (Phi) is 6.02. The number of nitrogens with zero attached hydrogens (tertiary/aromatic N) is 3. The number of hydrogen-bond acceptors (Lipinski definition) is 4. The highest BCUT2D eigenvalue weighted by atomic mass is 127. The lowest BCUT2D eigenvalue weighted by molar-refractivity contribution is -0.0687. The molecule has 0 saturated heterocycles. The largest absolute Gasteiger partial charge is 0.463 e. The molecule has 1 unspecified atom stereocenters. The van der Waals surface area contributed by atoms with E-state index in [-0.39, 0.29) is 11.6 Å². The van der Waals surface area contributed by atoms with Crippen LogP contribution in [-0.2, 0) is 7.05 Å². The zero-order chi connectivity index (χ0) is 21.5. The van der Waals surface area contributed by atoms with Gasteiger partial charge in [0.1, 0.15) is 0 Å². The van der Waals surface area contributed by atoms with Crippen LogP contribution in [0.5, 0.6) is 5.75 Å². The number of carbonyl (C=O) groups is 1. The molecule has 3 rings (SSSR count). The molecule has 1 atom stereocenters. The molecule has 2 heterocycles. The molecule has 3 aromatic rings. The number of amides is 1. The highest BCUT2D eigenvalue weighted by Gasteiger charge is 2.24. The quantitative estimate of drug-likeness (QED) is 0.306. The van der Waals surface area contributed by atoms with Crippen LogP contribution >= 0.6 is 22.6 Å². The molecule has 1 N–H and O–H groups in total. The van der Waals surface area contributed by atoms with Crippen LogP contribution in [0.1, 0.15) is 32.9 Å².